The lowest BCUT2D eigenvalue weighted by molar-refractivity contribution is 0.140. The topological polar surface area (TPSA) is 69.6 Å². The van der Waals surface area contributed by atoms with E-state index < -0.39 is 18.2 Å². The molecule has 0 aliphatic carbocycles. The van der Waals surface area contributed by atoms with E-state index in [1.54, 1.807) is 6.92 Å². The molecule has 4 nitrogen and oxygen atoms in total. The van der Waals surface area contributed by atoms with Crippen LogP contribution in [0.25, 0.3) is 0 Å². The maximum absolute atomic E-state index is 9.89. The molecule has 4 heteroatoms. The van der Waals surface area contributed by atoms with Crippen molar-refractivity contribution in [2.45, 2.75) is 26.0 Å². The summed E-state index contributed by atoms with van der Waals surface area (Å²) in [6.45, 7) is 3.12. The Bertz CT molecular complexity index is 102. The van der Waals surface area contributed by atoms with Gasteiger partial charge < -0.3 is 15.5 Å². The van der Waals surface area contributed by atoms with Gasteiger partial charge in [-0.15, -0.1) is 0 Å². The van der Waals surface area contributed by atoms with E-state index in [4.69, 9.17) is 10.2 Å². The molecule has 0 aromatic carbocycles. The van der Waals surface area contributed by atoms with E-state index >= 15 is 0 Å². The summed E-state index contributed by atoms with van der Waals surface area (Å²) in [5.74, 6) is 0. The van der Waals surface area contributed by atoms with Gasteiger partial charge in [0.05, 0.1) is 12.1 Å². The van der Waals surface area contributed by atoms with Crippen LogP contribution in [0.2, 0.25) is 0 Å². The molecule has 1 amide bonds. The number of amides is 1. The lowest BCUT2D eigenvalue weighted by Gasteiger charge is -2.13. The molecule has 0 heterocycles. The Morgan fingerprint density at radius 3 is 2.11 bits per heavy atom. The molecule has 0 aliphatic rings. The fraction of sp³-hybridized carbons (Fsp3) is 0.800. The van der Waals surface area contributed by atoms with Gasteiger partial charge in [0.15, 0.2) is 0 Å². The Hall–Kier alpha value is -0.770. The van der Waals surface area contributed by atoms with E-state index in [1.165, 1.54) is 6.92 Å². The van der Waals surface area contributed by atoms with Crippen molar-refractivity contribution in [2.24, 2.45) is 0 Å². The van der Waals surface area contributed by atoms with Crippen LogP contribution < -0.4 is 5.32 Å². The maximum atomic E-state index is 9.89. The highest BCUT2D eigenvalue weighted by molar-refractivity contribution is 5.64. The Labute approximate surface area is 53.5 Å². The summed E-state index contributed by atoms with van der Waals surface area (Å²) in [6.07, 6.45) is -1.75. The number of hydrogen-bond donors (Lipinski definition) is 3. The largest absolute Gasteiger partial charge is 0.465 e. The highest BCUT2D eigenvalue weighted by atomic mass is 16.4. The Morgan fingerprint density at radius 2 is 2.00 bits per heavy atom. The van der Waals surface area contributed by atoms with Crippen molar-refractivity contribution < 1.29 is 15.0 Å². The van der Waals surface area contributed by atoms with Crippen molar-refractivity contribution in [1.29, 1.82) is 0 Å². The minimum absolute atomic E-state index is 0.400. The van der Waals surface area contributed by atoms with E-state index in [0.717, 1.165) is 0 Å². The van der Waals surface area contributed by atoms with Gasteiger partial charge in [-0.25, -0.2) is 4.79 Å². The van der Waals surface area contributed by atoms with Crippen LogP contribution in [0, 0.1) is 0 Å². The first-order chi connectivity index (χ1) is 4.04. The normalized spacial score (nSPS) is 16.3. The molecule has 0 aromatic rings. The standard InChI is InChI=1S/C5H11NO3/c1-3(4(2)7)6-5(8)9/h3-4,6-7H,1-2H3,(H,8,9). The summed E-state index contributed by atoms with van der Waals surface area (Å²) < 4.78 is 0. The zero-order valence-electron chi connectivity index (χ0n) is 5.46. The summed E-state index contributed by atoms with van der Waals surface area (Å²) in [5, 5.41) is 19.0. The Kier molecular flexibility index (Phi) is 3.01. The number of hydrogen-bond acceptors (Lipinski definition) is 2. The van der Waals surface area contributed by atoms with E-state index in [2.05, 4.69) is 5.32 Å². The van der Waals surface area contributed by atoms with Gasteiger partial charge in [-0.05, 0) is 13.8 Å². The van der Waals surface area contributed by atoms with Crippen molar-refractivity contribution in [3.63, 3.8) is 0 Å². The number of nitrogens with one attached hydrogen (secondary N) is 1. The first kappa shape index (κ1) is 8.23. The van der Waals surface area contributed by atoms with Gasteiger partial charge in [-0.2, -0.15) is 0 Å². The summed E-state index contributed by atoms with van der Waals surface area (Å²) in [4.78, 5) is 9.89. The van der Waals surface area contributed by atoms with Crippen LogP contribution in [0.4, 0.5) is 4.79 Å². The van der Waals surface area contributed by atoms with Gasteiger partial charge >= 0.3 is 6.09 Å². The van der Waals surface area contributed by atoms with E-state index in [0.29, 0.717) is 0 Å². The summed E-state index contributed by atoms with van der Waals surface area (Å²) in [5.41, 5.74) is 0. The van der Waals surface area contributed by atoms with Crippen molar-refractivity contribution in [2.75, 3.05) is 0 Å². The van der Waals surface area contributed by atoms with E-state index in [9.17, 15) is 4.79 Å². The Balaban J connectivity index is 3.50. The first-order valence-corrected chi connectivity index (χ1v) is 2.71. The summed E-state index contributed by atoms with van der Waals surface area (Å²) in [6, 6.07) is -0.400. The van der Waals surface area contributed by atoms with Crippen LogP contribution >= 0.6 is 0 Å². The molecule has 0 fully saturated rings. The molecular weight excluding hydrogens is 122 g/mol. The summed E-state index contributed by atoms with van der Waals surface area (Å²) >= 11 is 0. The van der Waals surface area contributed by atoms with Crippen LogP contribution in [0.1, 0.15) is 13.8 Å². The molecule has 2 atom stereocenters. The minimum atomic E-state index is -1.11. The smallest absolute Gasteiger partial charge is 0.404 e. The molecular formula is C5H11NO3. The molecule has 2 unspecified atom stereocenters. The van der Waals surface area contributed by atoms with Crippen molar-refractivity contribution in [3.05, 3.63) is 0 Å². The van der Waals surface area contributed by atoms with E-state index in [-0.39, 0.29) is 0 Å². The summed E-state index contributed by atoms with van der Waals surface area (Å²) in [7, 11) is 0. The number of rotatable bonds is 2. The van der Waals surface area contributed by atoms with Gasteiger partial charge in [0.2, 0.25) is 0 Å². The number of aliphatic hydroxyl groups excluding tert-OH is 1. The molecule has 3 N–H and O–H groups in total. The highest BCUT2D eigenvalue weighted by Gasteiger charge is 2.09. The van der Waals surface area contributed by atoms with Gasteiger partial charge in [-0.3, -0.25) is 0 Å². The van der Waals surface area contributed by atoms with Gasteiger partial charge in [0, 0.05) is 0 Å². The van der Waals surface area contributed by atoms with Gasteiger partial charge in [-0.1, -0.05) is 0 Å². The van der Waals surface area contributed by atoms with Crippen LogP contribution in [0.15, 0.2) is 0 Å². The van der Waals surface area contributed by atoms with E-state index in [1.807, 2.05) is 0 Å². The lowest BCUT2D eigenvalue weighted by atomic mass is 10.2. The SMILES string of the molecule is CC(O)C(C)NC(=O)O. The number of aliphatic hydroxyl groups is 1. The molecule has 0 spiro atoms. The third-order valence-electron chi connectivity index (χ3n) is 1.07. The second kappa shape index (κ2) is 3.29. The van der Waals surface area contributed by atoms with Crippen LogP contribution in [-0.2, 0) is 0 Å². The molecule has 9 heavy (non-hydrogen) atoms. The van der Waals surface area contributed by atoms with Crippen LogP contribution in [0.3, 0.4) is 0 Å². The van der Waals surface area contributed by atoms with Gasteiger partial charge in [0.25, 0.3) is 0 Å². The predicted octanol–water partition coefficient (Wildman–Crippen LogP) is 0.0233. The van der Waals surface area contributed by atoms with Crippen LogP contribution in [-0.4, -0.2) is 28.5 Å². The third-order valence-corrected chi connectivity index (χ3v) is 1.07. The third kappa shape index (κ3) is 3.78. The zero-order valence-corrected chi connectivity index (χ0v) is 5.46. The van der Waals surface area contributed by atoms with Crippen molar-refractivity contribution in [1.82, 2.24) is 5.32 Å². The fourth-order valence-electron chi connectivity index (χ4n) is 0.315. The molecule has 0 rings (SSSR count). The monoisotopic (exact) mass is 133 g/mol. The van der Waals surface area contributed by atoms with Crippen LogP contribution in [0.5, 0.6) is 0 Å². The second-order valence-electron chi connectivity index (χ2n) is 1.98. The molecule has 0 bridgehead atoms. The highest BCUT2D eigenvalue weighted by Crippen LogP contribution is 1.88. The van der Waals surface area contributed by atoms with Gasteiger partial charge in [0.1, 0.15) is 0 Å². The quantitative estimate of drug-likeness (QED) is 0.497. The number of carbonyl (C=O) groups is 1. The second-order valence-corrected chi connectivity index (χ2v) is 1.98. The minimum Gasteiger partial charge on any atom is -0.465 e. The molecule has 0 saturated heterocycles. The lowest BCUT2D eigenvalue weighted by Crippen LogP contribution is -2.38. The molecule has 0 aliphatic heterocycles. The number of carboxylic acid groups (broad SMARTS) is 1. The zero-order chi connectivity index (χ0) is 7.44. The fourth-order valence-corrected chi connectivity index (χ4v) is 0.315. The molecule has 54 valence electrons. The molecule has 0 saturated carbocycles. The molecule has 0 radical (unpaired) electrons. The van der Waals surface area contributed by atoms with Crippen molar-refractivity contribution in [3.8, 4) is 0 Å². The average Bonchev–Trinajstić information content (AvgIpc) is 1.63. The average molecular weight is 133 g/mol. The Morgan fingerprint density at radius 1 is 1.56 bits per heavy atom. The first-order valence-electron chi connectivity index (χ1n) is 2.71. The molecule has 0 aromatic heterocycles. The predicted molar refractivity (Wildman–Crippen MR) is 32.3 cm³/mol. The maximum Gasteiger partial charge on any atom is 0.404 e. The van der Waals surface area contributed by atoms with Crippen molar-refractivity contribution >= 4 is 6.09 Å².